The molecule has 4 aromatic rings. The predicted octanol–water partition coefficient (Wildman–Crippen LogP) is 3.21. The van der Waals surface area contributed by atoms with Gasteiger partial charge in [-0.15, -0.1) is 0 Å². The first kappa shape index (κ1) is 27.2. The van der Waals surface area contributed by atoms with E-state index in [4.69, 9.17) is 4.74 Å². The number of hydrogen-bond donors (Lipinski definition) is 1. The normalized spacial score (nSPS) is 12.4. The van der Waals surface area contributed by atoms with Crippen LogP contribution in [-0.4, -0.2) is 46.1 Å². The topological polar surface area (TPSA) is 141 Å². The van der Waals surface area contributed by atoms with Crippen LogP contribution in [0.5, 0.6) is 0 Å². The lowest BCUT2D eigenvalue weighted by atomic mass is 10.2. The van der Waals surface area contributed by atoms with Crippen molar-refractivity contribution in [1.29, 1.82) is 0 Å². The zero-order valence-electron chi connectivity index (χ0n) is 20.3. The van der Waals surface area contributed by atoms with E-state index in [-0.39, 0.29) is 39.0 Å². The van der Waals surface area contributed by atoms with Crippen molar-refractivity contribution in [2.24, 2.45) is 4.99 Å². The SMILES string of the molecule is CCOC(=O)Cn1c(=NC(=O)c2ccc(NS(=O)(=O)c3ccccc3)cc2)sc2cc(S(C)(=O)=O)ccc21. The first-order valence-corrected chi connectivity index (χ1v) is 15.4. The molecule has 0 unspecified atom stereocenters. The second-order valence-electron chi connectivity index (χ2n) is 8.09. The first-order chi connectivity index (χ1) is 18.0. The van der Waals surface area contributed by atoms with Gasteiger partial charge in [-0.25, -0.2) is 16.8 Å². The Kier molecular flexibility index (Phi) is 7.81. The average molecular weight is 574 g/mol. The lowest BCUT2D eigenvalue weighted by Crippen LogP contribution is -2.23. The van der Waals surface area contributed by atoms with Crippen molar-refractivity contribution in [3.63, 3.8) is 0 Å². The van der Waals surface area contributed by atoms with Crippen molar-refractivity contribution in [2.75, 3.05) is 17.6 Å². The second-order valence-corrected chi connectivity index (χ2v) is 12.8. The van der Waals surface area contributed by atoms with Gasteiger partial charge in [-0.1, -0.05) is 29.5 Å². The van der Waals surface area contributed by atoms with Gasteiger partial charge in [0.2, 0.25) is 0 Å². The zero-order chi connectivity index (χ0) is 27.5. The minimum atomic E-state index is -3.79. The molecule has 198 valence electrons. The van der Waals surface area contributed by atoms with E-state index in [1.807, 2.05) is 0 Å². The molecule has 10 nitrogen and oxygen atoms in total. The number of rotatable bonds is 8. The van der Waals surface area contributed by atoms with Crippen molar-refractivity contribution in [3.05, 3.63) is 83.2 Å². The average Bonchev–Trinajstić information content (AvgIpc) is 3.20. The molecular formula is C25H23N3O7S3. The Morgan fingerprint density at radius 2 is 1.63 bits per heavy atom. The van der Waals surface area contributed by atoms with Crippen LogP contribution in [0.25, 0.3) is 10.2 Å². The van der Waals surface area contributed by atoms with Gasteiger partial charge in [0.15, 0.2) is 14.6 Å². The number of nitrogens with zero attached hydrogens (tertiary/aromatic N) is 2. The number of fused-ring (bicyclic) bond motifs is 1. The number of benzene rings is 3. The lowest BCUT2D eigenvalue weighted by Gasteiger charge is -2.08. The van der Waals surface area contributed by atoms with Crippen LogP contribution in [0.15, 0.2) is 87.6 Å². The number of sulfonamides is 1. The van der Waals surface area contributed by atoms with E-state index in [1.54, 1.807) is 31.2 Å². The molecule has 1 heterocycles. The summed E-state index contributed by atoms with van der Waals surface area (Å²) >= 11 is 1.06. The van der Waals surface area contributed by atoms with Crippen LogP contribution >= 0.6 is 11.3 Å². The second kappa shape index (κ2) is 10.9. The van der Waals surface area contributed by atoms with Crippen LogP contribution in [0.2, 0.25) is 0 Å². The van der Waals surface area contributed by atoms with E-state index >= 15 is 0 Å². The third-order valence-electron chi connectivity index (χ3n) is 5.31. The van der Waals surface area contributed by atoms with Crippen LogP contribution < -0.4 is 9.52 Å². The summed E-state index contributed by atoms with van der Waals surface area (Å²) in [5, 5.41) is 0. The fourth-order valence-corrected chi connectivity index (χ4v) is 6.37. The molecule has 0 atom stereocenters. The molecule has 0 saturated heterocycles. The maximum absolute atomic E-state index is 13.0. The summed E-state index contributed by atoms with van der Waals surface area (Å²) < 4.78 is 58.6. The van der Waals surface area contributed by atoms with Gasteiger partial charge in [0.1, 0.15) is 6.54 Å². The largest absolute Gasteiger partial charge is 0.465 e. The number of thiazole rings is 1. The Hall–Kier alpha value is -3.81. The smallest absolute Gasteiger partial charge is 0.326 e. The Balaban J connectivity index is 1.67. The molecule has 0 fully saturated rings. The van der Waals surface area contributed by atoms with Gasteiger partial charge in [0, 0.05) is 17.5 Å². The van der Waals surface area contributed by atoms with Crippen molar-refractivity contribution < 1.29 is 31.2 Å². The molecule has 0 aliphatic carbocycles. The van der Waals surface area contributed by atoms with Crippen LogP contribution in [-0.2, 0) is 35.9 Å². The van der Waals surface area contributed by atoms with Crippen LogP contribution in [0.4, 0.5) is 5.69 Å². The van der Waals surface area contributed by atoms with Gasteiger partial charge in [-0.2, -0.15) is 4.99 Å². The summed E-state index contributed by atoms with van der Waals surface area (Å²) in [5.74, 6) is -1.17. The molecule has 1 N–H and O–H groups in total. The lowest BCUT2D eigenvalue weighted by molar-refractivity contribution is -0.143. The molecule has 13 heteroatoms. The molecule has 3 aromatic carbocycles. The zero-order valence-corrected chi connectivity index (χ0v) is 22.8. The maximum atomic E-state index is 13.0. The number of carbonyl (C=O) groups excluding carboxylic acids is 2. The van der Waals surface area contributed by atoms with E-state index in [0.717, 1.165) is 17.6 Å². The number of hydrogen-bond acceptors (Lipinski definition) is 8. The summed E-state index contributed by atoms with van der Waals surface area (Å²) in [5.41, 5.74) is 0.968. The van der Waals surface area contributed by atoms with Crippen LogP contribution in [0, 0.1) is 0 Å². The number of ether oxygens (including phenoxy) is 1. The molecule has 1 amide bonds. The van der Waals surface area contributed by atoms with Crippen molar-refractivity contribution in [3.8, 4) is 0 Å². The summed E-state index contributed by atoms with van der Waals surface area (Å²) in [6.07, 6.45) is 1.09. The molecular weight excluding hydrogens is 550 g/mol. The highest BCUT2D eigenvalue weighted by atomic mass is 32.2. The van der Waals surface area contributed by atoms with E-state index in [0.29, 0.717) is 10.2 Å². The van der Waals surface area contributed by atoms with Crippen molar-refractivity contribution in [1.82, 2.24) is 4.57 Å². The van der Waals surface area contributed by atoms with Gasteiger partial charge < -0.3 is 9.30 Å². The standard InChI is InChI=1S/C25H23N3O7S3/c1-3-35-23(29)16-28-21-14-13-20(37(2,31)32)15-22(21)36-25(28)26-24(30)17-9-11-18(12-10-17)27-38(33,34)19-7-5-4-6-8-19/h4-15,27H,3,16H2,1-2H3. The number of anilines is 1. The highest BCUT2D eigenvalue weighted by Crippen LogP contribution is 2.22. The van der Waals surface area contributed by atoms with Crippen molar-refractivity contribution >= 4 is 59.0 Å². The molecule has 0 bridgehead atoms. The number of aromatic nitrogens is 1. The predicted molar refractivity (Wildman–Crippen MR) is 143 cm³/mol. The molecule has 38 heavy (non-hydrogen) atoms. The first-order valence-electron chi connectivity index (χ1n) is 11.2. The molecule has 0 radical (unpaired) electrons. The Bertz CT molecular complexity index is 1790. The highest BCUT2D eigenvalue weighted by molar-refractivity contribution is 7.92. The Labute approximate surface area is 223 Å². The number of carbonyl (C=O) groups is 2. The minimum absolute atomic E-state index is 0.0981. The number of sulfone groups is 1. The Morgan fingerprint density at radius 1 is 0.947 bits per heavy atom. The number of nitrogens with one attached hydrogen (secondary N) is 1. The van der Waals surface area contributed by atoms with E-state index < -0.39 is 31.7 Å². The van der Waals surface area contributed by atoms with E-state index in [2.05, 4.69) is 9.71 Å². The molecule has 0 aliphatic heterocycles. The summed E-state index contributed by atoms with van der Waals surface area (Å²) in [6, 6.07) is 18.1. The van der Waals surface area contributed by atoms with E-state index in [9.17, 15) is 26.4 Å². The van der Waals surface area contributed by atoms with Gasteiger partial charge in [-0.3, -0.25) is 14.3 Å². The fraction of sp³-hybridized carbons (Fsp3) is 0.160. The maximum Gasteiger partial charge on any atom is 0.326 e. The van der Waals surface area contributed by atoms with Gasteiger partial charge in [-0.05, 0) is 61.5 Å². The van der Waals surface area contributed by atoms with Gasteiger partial charge >= 0.3 is 5.97 Å². The van der Waals surface area contributed by atoms with Crippen molar-refractivity contribution in [2.45, 2.75) is 23.3 Å². The fourth-order valence-electron chi connectivity index (χ4n) is 3.50. The summed E-state index contributed by atoms with van der Waals surface area (Å²) in [7, 11) is -7.26. The number of esters is 1. The molecule has 4 rings (SSSR count). The molecule has 0 saturated carbocycles. The summed E-state index contributed by atoms with van der Waals surface area (Å²) in [6.45, 7) is 1.62. The third kappa shape index (κ3) is 6.18. The molecule has 0 spiro atoms. The third-order valence-corrected chi connectivity index (χ3v) is 8.86. The monoisotopic (exact) mass is 573 g/mol. The highest BCUT2D eigenvalue weighted by Gasteiger charge is 2.17. The minimum Gasteiger partial charge on any atom is -0.465 e. The van der Waals surface area contributed by atoms with Gasteiger partial charge in [0.25, 0.3) is 15.9 Å². The Morgan fingerprint density at radius 3 is 2.26 bits per heavy atom. The van der Waals surface area contributed by atoms with Crippen LogP contribution in [0.3, 0.4) is 0 Å². The summed E-state index contributed by atoms with van der Waals surface area (Å²) in [4.78, 5) is 29.7. The van der Waals surface area contributed by atoms with Gasteiger partial charge in [0.05, 0.1) is 26.6 Å². The molecule has 0 aliphatic rings. The van der Waals surface area contributed by atoms with Crippen LogP contribution in [0.1, 0.15) is 17.3 Å². The quantitative estimate of drug-likeness (QED) is 0.319. The number of amides is 1. The van der Waals surface area contributed by atoms with E-state index in [1.165, 1.54) is 53.1 Å². The molecule has 1 aromatic heterocycles.